The standard InChI is InChI=1S/C9H16N2OS/c1-9(2,12-3)4-5-10-8-11-6-7-13-8/h6-7H,4-5H2,1-3H3,(H,10,11). The Bertz CT molecular complexity index is 234. The van der Waals surface area contributed by atoms with Crippen LogP contribution in [0.15, 0.2) is 11.6 Å². The lowest BCUT2D eigenvalue weighted by Gasteiger charge is -2.22. The Kier molecular flexibility index (Phi) is 3.69. The molecule has 0 fully saturated rings. The molecule has 0 amide bonds. The Morgan fingerprint density at radius 2 is 2.38 bits per heavy atom. The quantitative estimate of drug-likeness (QED) is 0.792. The molecule has 4 heteroatoms. The maximum Gasteiger partial charge on any atom is 0.182 e. The summed E-state index contributed by atoms with van der Waals surface area (Å²) in [4.78, 5) is 4.13. The number of hydrogen-bond donors (Lipinski definition) is 1. The highest BCUT2D eigenvalue weighted by Gasteiger charge is 2.15. The van der Waals surface area contributed by atoms with Crippen LogP contribution < -0.4 is 5.32 Å². The third-order valence-corrected chi connectivity index (χ3v) is 2.72. The Morgan fingerprint density at radius 3 is 2.92 bits per heavy atom. The van der Waals surface area contributed by atoms with E-state index in [1.807, 2.05) is 5.38 Å². The molecule has 0 aliphatic rings. The summed E-state index contributed by atoms with van der Waals surface area (Å²) in [6.45, 7) is 5.06. The molecule has 0 aromatic carbocycles. The van der Waals surface area contributed by atoms with Crippen molar-refractivity contribution in [3.8, 4) is 0 Å². The smallest absolute Gasteiger partial charge is 0.182 e. The zero-order valence-corrected chi connectivity index (χ0v) is 9.15. The van der Waals surface area contributed by atoms with Crippen LogP contribution >= 0.6 is 11.3 Å². The number of hydrogen-bond acceptors (Lipinski definition) is 4. The van der Waals surface area contributed by atoms with Crippen molar-refractivity contribution in [3.05, 3.63) is 11.6 Å². The van der Waals surface area contributed by atoms with Crippen molar-refractivity contribution in [2.45, 2.75) is 25.9 Å². The molecule has 1 heterocycles. The van der Waals surface area contributed by atoms with Gasteiger partial charge in [0.05, 0.1) is 5.60 Å². The van der Waals surface area contributed by atoms with Gasteiger partial charge in [0.2, 0.25) is 0 Å². The fourth-order valence-corrected chi connectivity index (χ4v) is 1.44. The maximum absolute atomic E-state index is 5.30. The molecule has 0 spiro atoms. The number of anilines is 1. The summed E-state index contributed by atoms with van der Waals surface area (Å²) < 4.78 is 5.30. The largest absolute Gasteiger partial charge is 0.379 e. The van der Waals surface area contributed by atoms with E-state index < -0.39 is 0 Å². The molecule has 1 rings (SSSR count). The number of nitrogens with one attached hydrogen (secondary N) is 1. The summed E-state index contributed by atoms with van der Waals surface area (Å²) in [6.07, 6.45) is 2.78. The first kappa shape index (κ1) is 10.5. The molecule has 1 N–H and O–H groups in total. The molecular weight excluding hydrogens is 184 g/mol. The number of nitrogens with zero attached hydrogens (tertiary/aromatic N) is 1. The van der Waals surface area contributed by atoms with E-state index in [0.717, 1.165) is 18.1 Å². The highest BCUT2D eigenvalue weighted by atomic mass is 32.1. The van der Waals surface area contributed by atoms with Gasteiger partial charge in [0.1, 0.15) is 0 Å². The van der Waals surface area contributed by atoms with E-state index >= 15 is 0 Å². The van der Waals surface area contributed by atoms with Crippen LogP contribution in [0.1, 0.15) is 20.3 Å². The predicted octanol–water partition coefficient (Wildman–Crippen LogP) is 2.37. The van der Waals surface area contributed by atoms with Crippen molar-refractivity contribution in [1.29, 1.82) is 0 Å². The first-order valence-corrected chi connectivity index (χ1v) is 5.20. The monoisotopic (exact) mass is 200 g/mol. The molecule has 1 aromatic rings. The fraction of sp³-hybridized carbons (Fsp3) is 0.667. The Labute approximate surface area is 83.1 Å². The minimum Gasteiger partial charge on any atom is -0.379 e. The van der Waals surface area contributed by atoms with Crippen LogP contribution in [0, 0.1) is 0 Å². The molecule has 0 atom stereocenters. The third kappa shape index (κ3) is 3.74. The number of thiazole rings is 1. The van der Waals surface area contributed by atoms with Crippen molar-refractivity contribution in [2.24, 2.45) is 0 Å². The Balaban J connectivity index is 2.21. The molecule has 0 unspecified atom stereocenters. The van der Waals surface area contributed by atoms with Gasteiger partial charge in [-0.15, -0.1) is 11.3 Å². The highest BCUT2D eigenvalue weighted by molar-refractivity contribution is 7.13. The van der Waals surface area contributed by atoms with Crippen LogP contribution in [-0.4, -0.2) is 24.2 Å². The second-order valence-electron chi connectivity index (χ2n) is 3.48. The number of ether oxygens (including phenoxy) is 1. The number of rotatable bonds is 5. The molecule has 1 aromatic heterocycles. The van der Waals surface area contributed by atoms with E-state index in [0.29, 0.717) is 0 Å². The van der Waals surface area contributed by atoms with Crippen LogP contribution in [0.3, 0.4) is 0 Å². The average Bonchev–Trinajstić information content (AvgIpc) is 2.57. The maximum atomic E-state index is 5.30. The molecule has 74 valence electrons. The summed E-state index contributed by atoms with van der Waals surface area (Å²) in [5.41, 5.74) is -0.0513. The zero-order chi connectivity index (χ0) is 9.73. The summed E-state index contributed by atoms with van der Waals surface area (Å²) in [6, 6.07) is 0. The highest BCUT2D eigenvalue weighted by Crippen LogP contribution is 2.15. The molecular formula is C9H16N2OS. The summed E-state index contributed by atoms with van der Waals surface area (Å²) in [5, 5.41) is 6.18. The Hall–Kier alpha value is -0.610. The van der Waals surface area contributed by atoms with Gasteiger partial charge in [0, 0.05) is 25.2 Å². The lowest BCUT2D eigenvalue weighted by molar-refractivity contribution is 0.0185. The average molecular weight is 200 g/mol. The number of aromatic nitrogens is 1. The van der Waals surface area contributed by atoms with Gasteiger partial charge in [0.15, 0.2) is 5.13 Å². The minimum absolute atomic E-state index is 0.0513. The van der Waals surface area contributed by atoms with Crippen molar-refractivity contribution in [1.82, 2.24) is 4.98 Å². The molecule has 13 heavy (non-hydrogen) atoms. The van der Waals surface area contributed by atoms with Gasteiger partial charge in [-0.3, -0.25) is 0 Å². The van der Waals surface area contributed by atoms with E-state index in [1.54, 1.807) is 24.6 Å². The third-order valence-electron chi connectivity index (χ3n) is 1.99. The lowest BCUT2D eigenvalue weighted by atomic mass is 10.1. The minimum atomic E-state index is -0.0513. The zero-order valence-electron chi connectivity index (χ0n) is 8.33. The van der Waals surface area contributed by atoms with Gasteiger partial charge < -0.3 is 10.1 Å². The van der Waals surface area contributed by atoms with Crippen LogP contribution in [0.25, 0.3) is 0 Å². The summed E-state index contributed by atoms with van der Waals surface area (Å²) in [5.74, 6) is 0. The number of methoxy groups -OCH3 is 1. The molecule has 0 bridgehead atoms. The van der Waals surface area contributed by atoms with Crippen molar-refractivity contribution in [3.63, 3.8) is 0 Å². The Morgan fingerprint density at radius 1 is 1.62 bits per heavy atom. The first-order valence-electron chi connectivity index (χ1n) is 4.32. The second kappa shape index (κ2) is 4.58. The van der Waals surface area contributed by atoms with Crippen molar-refractivity contribution >= 4 is 16.5 Å². The van der Waals surface area contributed by atoms with Crippen LogP contribution in [0.2, 0.25) is 0 Å². The normalized spacial score (nSPS) is 11.6. The van der Waals surface area contributed by atoms with Crippen LogP contribution in [-0.2, 0) is 4.74 Å². The molecule has 0 saturated heterocycles. The first-order chi connectivity index (χ1) is 6.14. The molecule has 3 nitrogen and oxygen atoms in total. The van der Waals surface area contributed by atoms with E-state index in [-0.39, 0.29) is 5.60 Å². The molecule has 0 saturated carbocycles. The fourth-order valence-electron chi connectivity index (χ4n) is 0.883. The molecule has 0 aliphatic carbocycles. The van der Waals surface area contributed by atoms with E-state index in [9.17, 15) is 0 Å². The van der Waals surface area contributed by atoms with Crippen LogP contribution in [0.4, 0.5) is 5.13 Å². The molecule has 0 radical (unpaired) electrons. The van der Waals surface area contributed by atoms with Gasteiger partial charge in [-0.25, -0.2) is 4.98 Å². The predicted molar refractivity (Wildman–Crippen MR) is 56.3 cm³/mol. The topological polar surface area (TPSA) is 34.1 Å². The second-order valence-corrected chi connectivity index (χ2v) is 4.37. The van der Waals surface area contributed by atoms with Gasteiger partial charge >= 0.3 is 0 Å². The van der Waals surface area contributed by atoms with Crippen LogP contribution in [0.5, 0.6) is 0 Å². The summed E-state index contributed by atoms with van der Waals surface area (Å²) in [7, 11) is 1.74. The SMILES string of the molecule is COC(C)(C)CCNc1nccs1. The van der Waals surface area contributed by atoms with Crippen molar-refractivity contribution in [2.75, 3.05) is 19.0 Å². The van der Waals surface area contributed by atoms with Crippen molar-refractivity contribution < 1.29 is 4.74 Å². The molecule has 0 aliphatic heterocycles. The van der Waals surface area contributed by atoms with E-state index in [2.05, 4.69) is 24.1 Å². The van der Waals surface area contributed by atoms with Gasteiger partial charge in [-0.1, -0.05) is 0 Å². The van der Waals surface area contributed by atoms with Gasteiger partial charge in [-0.05, 0) is 20.3 Å². The van der Waals surface area contributed by atoms with Gasteiger partial charge in [-0.2, -0.15) is 0 Å². The van der Waals surface area contributed by atoms with E-state index in [1.165, 1.54) is 0 Å². The van der Waals surface area contributed by atoms with E-state index in [4.69, 9.17) is 4.74 Å². The lowest BCUT2D eigenvalue weighted by Crippen LogP contribution is -2.25. The van der Waals surface area contributed by atoms with Gasteiger partial charge in [0.25, 0.3) is 0 Å². The summed E-state index contributed by atoms with van der Waals surface area (Å²) >= 11 is 1.62.